The molecule has 0 bridgehead atoms. The van der Waals surface area contributed by atoms with Crippen molar-refractivity contribution < 1.29 is 10.0 Å². The molecule has 0 saturated carbocycles. The van der Waals surface area contributed by atoms with Gasteiger partial charge in [-0.1, -0.05) is 6.08 Å². The first-order chi connectivity index (χ1) is 4.24. The zero-order valence-corrected chi connectivity index (χ0v) is 5.08. The van der Waals surface area contributed by atoms with Gasteiger partial charge in [0, 0.05) is 12.3 Å². The van der Waals surface area contributed by atoms with Gasteiger partial charge in [0.15, 0.2) is 0 Å². The fourth-order valence-electron chi connectivity index (χ4n) is 0.876. The Morgan fingerprint density at radius 1 is 1.89 bits per heavy atom. The van der Waals surface area contributed by atoms with Gasteiger partial charge < -0.3 is 0 Å². The van der Waals surface area contributed by atoms with Crippen LogP contribution in [-0.4, -0.2) is 22.7 Å². The highest BCUT2D eigenvalue weighted by atomic mass is 16.5. The van der Waals surface area contributed by atoms with Crippen molar-refractivity contribution in [3.8, 4) is 0 Å². The van der Waals surface area contributed by atoms with Crippen molar-refractivity contribution in [1.82, 2.24) is 5.06 Å². The van der Waals surface area contributed by atoms with E-state index in [9.17, 15) is 4.79 Å². The lowest BCUT2D eigenvalue weighted by molar-refractivity contribution is -0.157. The molecule has 1 heterocycles. The number of hydrogen-bond donors (Lipinski definition) is 1. The van der Waals surface area contributed by atoms with E-state index in [0.29, 0.717) is 13.0 Å². The highest BCUT2D eigenvalue weighted by Crippen LogP contribution is 2.15. The molecule has 1 N–H and O–H groups in total. The van der Waals surface area contributed by atoms with Crippen LogP contribution in [0.1, 0.15) is 6.42 Å². The van der Waals surface area contributed by atoms with Crippen LogP contribution < -0.4 is 0 Å². The molecule has 0 spiro atoms. The summed E-state index contributed by atoms with van der Waals surface area (Å²) in [5.41, 5.74) is 0. The van der Waals surface area contributed by atoms with E-state index in [0.717, 1.165) is 5.06 Å². The third kappa shape index (κ3) is 1.10. The largest absolute Gasteiger partial charge is 0.286 e. The van der Waals surface area contributed by atoms with Gasteiger partial charge in [0.05, 0.1) is 6.54 Å². The van der Waals surface area contributed by atoms with Crippen molar-refractivity contribution in [3.63, 3.8) is 0 Å². The minimum Gasteiger partial charge on any atom is -0.286 e. The van der Waals surface area contributed by atoms with Crippen LogP contribution in [0.3, 0.4) is 0 Å². The van der Waals surface area contributed by atoms with E-state index in [1.807, 2.05) is 0 Å². The Hall–Kier alpha value is -0.830. The molecule has 0 aromatic rings. The number of hydroxylamine groups is 2. The first kappa shape index (κ1) is 6.29. The standard InChI is InChI=1S/C6H9NO2/c1-2-5-3-6(8)7(9)4-5/h2,5,9H,1,3-4H2. The first-order valence-corrected chi connectivity index (χ1v) is 2.86. The Morgan fingerprint density at radius 2 is 2.56 bits per heavy atom. The molecule has 3 heteroatoms. The van der Waals surface area contributed by atoms with Crippen LogP contribution in [0.4, 0.5) is 0 Å². The summed E-state index contributed by atoms with van der Waals surface area (Å²) in [6.07, 6.45) is 2.09. The molecule has 1 unspecified atom stereocenters. The normalized spacial score (nSPS) is 27.0. The smallest absolute Gasteiger partial charge is 0.246 e. The molecule has 3 nitrogen and oxygen atoms in total. The van der Waals surface area contributed by atoms with E-state index in [4.69, 9.17) is 5.21 Å². The molecule has 50 valence electrons. The molecule has 1 aliphatic heterocycles. The van der Waals surface area contributed by atoms with Gasteiger partial charge in [0.25, 0.3) is 0 Å². The summed E-state index contributed by atoms with van der Waals surface area (Å²) in [5, 5.41) is 9.48. The van der Waals surface area contributed by atoms with Crippen molar-refractivity contribution in [1.29, 1.82) is 0 Å². The fraction of sp³-hybridized carbons (Fsp3) is 0.500. The van der Waals surface area contributed by atoms with Gasteiger partial charge in [0.1, 0.15) is 0 Å². The second kappa shape index (κ2) is 2.19. The Bertz CT molecular complexity index is 144. The molecule has 0 aromatic heterocycles. The van der Waals surface area contributed by atoms with Crippen molar-refractivity contribution in [2.45, 2.75) is 6.42 Å². The summed E-state index contributed by atoms with van der Waals surface area (Å²) in [5.74, 6) is -0.0672. The van der Waals surface area contributed by atoms with Gasteiger partial charge >= 0.3 is 0 Å². The van der Waals surface area contributed by atoms with Gasteiger partial charge in [-0.25, -0.2) is 5.06 Å². The summed E-state index contributed by atoms with van der Waals surface area (Å²) >= 11 is 0. The van der Waals surface area contributed by atoms with Gasteiger partial charge in [0.2, 0.25) is 5.91 Å². The van der Waals surface area contributed by atoms with E-state index >= 15 is 0 Å². The van der Waals surface area contributed by atoms with E-state index in [1.54, 1.807) is 6.08 Å². The summed E-state index contributed by atoms with van der Waals surface area (Å²) < 4.78 is 0. The highest BCUT2D eigenvalue weighted by molar-refractivity contribution is 5.77. The maximum Gasteiger partial charge on any atom is 0.246 e. The molecule has 1 aliphatic rings. The second-order valence-corrected chi connectivity index (χ2v) is 2.18. The molecule has 0 radical (unpaired) electrons. The average molecular weight is 127 g/mol. The Kier molecular flexibility index (Phi) is 1.53. The Labute approximate surface area is 53.5 Å². The number of carbonyl (C=O) groups is 1. The monoisotopic (exact) mass is 127 g/mol. The number of carbonyl (C=O) groups excluding carboxylic acids is 1. The summed E-state index contributed by atoms with van der Waals surface area (Å²) in [6, 6.07) is 0. The topological polar surface area (TPSA) is 40.5 Å². The van der Waals surface area contributed by atoms with E-state index in [-0.39, 0.29) is 11.8 Å². The molecule has 9 heavy (non-hydrogen) atoms. The van der Waals surface area contributed by atoms with Crippen LogP contribution in [0.2, 0.25) is 0 Å². The maximum absolute atomic E-state index is 10.6. The van der Waals surface area contributed by atoms with Crippen LogP contribution in [0.5, 0.6) is 0 Å². The molecule has 1 fully saturated rings. The number of nitrogens with zero attached hydrogens (tertiary/aromatic N) is 1. The zero-order valence-electron chi connectivity index (χ0n) is 5.08. The minimum atomic E-state index is -0.208. The van der Waals surface area contributed by atoms with Gasteiger partial charge in [-0.2, -0.15) is 0 Å². The quantitative estimate of drug-likeness (QED) is 0.409. The highest BCUT2D eigenvalue weighted by Gasteiger charge is 2.25. The average Bonchev–Trinajstić information content (AvgIpc) is 2.13. The number of rotatable bonds is 1. The molecule has 0 aliphatic carbocycles. The molecule has 1 saturated heterocycles. The summed E-state index contributed by atoms with van der Waals surface area (Å²) in [7, 11) is 0. The van der Waals surface area contributed by atoms with Crippen LogP contribution >= 0.6 is 0 Å². The molecule has 1 atom stereocenters. The van der Waals surface area contributed by atoms with Crippen LogP contribution in [-0.2, 0) is 4.79 Å². The second-order valence-electron chi connectivity index (χ2n) is 2.18. The predicted molar refractivity (Wildman–Crippen MR) is 31.8 cm³/mol. The van der Waals surface area contributed by atoms with Crippen molar-refractivity contribution in [2.24, 2.45) is 5.92 Å². The lowest BCUT2D eigenvalue weighted by Gasteiger charge is -2.02. The lowest BCUT2D eigenvalue weighted by atomic mass is 10.1. The Balaban J connectivity index is 2.53. The molecule has 1 rings (SSSR count). The van der Waals surface area contributed by atoms with Gasteiger partial charge in [-0.3, -0.25) is 10.0 Å². The maximum atomic E-state index is 10.6. The molecular formula is C6H9NO2. The number of amides is 1. The van der Waals surface area contributed by atoms with Gasteiger partial charge in [-0.15, -0.1) is 6.58 Å². The van der Waals surface area contributed by atoms with E-state index < -0.39 is 0 Å². The summed E-state index contributed by atoms with van der Waals surface area (Å²) in [6.45, 7) is 3.93. The Morgan fingerprint density at radius 3 is 2.78 bits per heavy atom. The predicted octanol–water partition coefficient (Wildman–Crippen LogP) is 0.410. The lowest BCUT2D eigenvalue weighted by Crippen LogP contribution is -2.19. The molecule has 0 aromatic carbocycles. The zero-order chi connectivity index (χ0) is 6.85. The van der Waals surface area contributed by atoms with Gasteiger partial charge in [-0.05, 0) is 0 Å². The van der Waals surface area contributed by atoms with Crippen molar-refractivity contribution in [3.05, 3.63) is 12.7 Å². The minimum absolute atomic E-state index is 0.141. The van der Waals surface area contributed by atoms with Crippen molar-refractivity contribution in [2.75, 3.05) is 6.54 Å². The molecular weight excluding hydrogens is 118 g/mol. The fourth-order valence-corrected chi connectivity index (χ4v) is 0.876. The van der Waals surface area contributed by atoms with E-state index in [1.165, 1.54) is 0 Å². The number of hydrogen-bond acceptors (Lipinski definition) is 2. The van der Waals surface area contributed by atoms with Crippen LogP contribution in [0.25, 0.3) is 0 Å². The summed E-state index contributed by atoms with van der Waals surface area (Å²) in [4.78, 5) is 10.6. The van der Waals surface area contributed by atoms with E-state index in [2.05, 4.69) is 6.58 Å². The van der Waals surface area contributed by atoms with Crippen LogP contribution in [0, 0.1) is 5.92 Å². The SMILES string of the molecule is C=CC1CC(=O)N(O)C1. The van der Waals surface area contributed by atoms with Crippen LogP contribution in [0.15, 0.2) is 12.7 Å². The third-order valence-corrected chi connectivity index (χ3v) is 1.47. The van der Waals surface area contributed by atoms with Crippen molar-refractivity contribution >= 4 is 5.91 Å². The molecule has 1 amide bonds. The first-order valence-electron chi connectivity index (χ1n) is 2.86. The third-order valence-electron chi connectivity index (χ3n) is 1.47.